The van der Waals surface area contributed by atoms with Gasteiger partial charge in [-0.05, 0) is 50.5 Å². The van der Waals surface area contributed by atoms with Gasteiger partial charge in [0.25, 0.3) is 0 Å². The molecule has 0 aliphatic carbocycles. The van der Waals surface area contributed by atoms with Crippen LogP contribution in [0, 0.1) is 0 Å². The number of aliphatic hydroxyl groups is 2. The van der Waals surface area contributed by atoms with E-state index >= 15 is 0 Å². The maximum Gasteiger partial charge on any atom is 0.166 e. The van der Waals surface area contributed by atoms with E-state index in [0.717, 1.165) is 12.0 Å². The van der Waals surface area contributed by atoms with Crippen LogP contribution in [0.5, 0.6) is 0 Å². The van der Waals surface area contributed by atoms with Gasteiger partial charge in [0, 0.05) is 23.2 Å². The second-order valence-electron chi connectivity index (χ2n) is 6.81. The van der Waals surface area contributed by atoms with Crippen molar-refractivity contribution >= 4 is 17.2 Å². The SMILES string of the molecule is CC(C)(O)c1cccn2c(C[C@@H](O)CCc3ccc(Cl)cc3)nnc12. The van der Waals surface area contributed by atoms with Gasteiger partial charge in [-0.2, -0.15) is 0 Å². The lowest BCUT2D eigenvalue weighted by molar-refractivity contribution is 0.0796. The Balaban J connectivity index is 1.71. The molecule has 5 nitrogen and oxygen atoms in total. The third-order valence-corrected chi connectivity index (χ3v) is 4.51. The molecule has 2 heterocycles. The van der Waals surface area contributed by atoms with Gasteiger partial charge in [-0.15, -0.1) is 10.2 Å². The van der Waals surface area contributed by atoms with Gasteiger partial charge in [-0.1, -0.05) is 29.8 Å². The third kappa shape index (κ3) is 4.18. The van der Waals surface area contributed by atoms with Crippen LogP contribution in [0.2, 0.25) is 5.02 Å². The van der Waals surface area contributed by atoms with Crippen LogP contribution in [0.1, 0.15) is 37.2 Å². The maximum absolute atomic E-state index is 10.4. The average molecular weight is 360 g/mol. The molecule has 6 heteroatoms. The number of pyridine rings is 1. The lowest BCUT2D eigenvalue weighted by Gasteiger charge is -2.18. The van der Waals surface area contributed by atoms with Crippen LogP contribution in [0.4, 0.5) is 0 Å². The Labute approximate surface area is 151 Å². The molecule has 0 amide bonds. The van der Waals surface area contributed by atoms with E-state index < -0.39 is 11.7 Å². The summed E-state index contributed by atoms with van der Waals surface area (Å²) in [4.78, 5) is 0. The molecule has 0 bridgehead atoms. The predicted molar refractivity (Wildman–Crippen MR) is 97.7 cm³/mol. The lowest BCUT2D eigenvalue weighted by atomic mass is 10.00. The Kier molecular flexibility index (Phi) is 5.08. The Morgan fingerprint density at radius 3 is 2.56 bits per heavy atom. The van der Waals surface area contributed by atoms with Gasteiger partial charge in [0.1, 0.15) is 5.82 Å². The molecule has 132 valence electrons. The minimum atomic E-state index is -1.000. The first-order chi connectivity index (χ1) is 11.8. The fourth-order valence-corrected chi connectivity index (χ4v) is 3.00. The van der Waals surface area contributed by atoms with Gasteiger partial charge >= 0.3 is 0 Å². The predicted octanol–water partition coefficient (Wildman–Crippen LogP) is 3.15. The Hall–Kier alpha value is -1.95. The Morgan fingerprint density at radius 1 is 1.16 bits per heavy atom. The second kappa shape index (κ2) is 7.12. The highest BCUT2D eigenvalue weighted by Crippen LogP contribution is 2.24. The van der Waals surface area contributed by atoms with Crippen LogP contribution < -0.4 is 0 Å². The van der Waals surface area contributed by atoms with Crippen molar-refractivity contribution in [3.8, 4) is 0 Å². The van der Waals surface area contributed by atoms with Crippen molar-refractivity contribution in [2.45, 2.75) is 44.8 Å². The molecule has 1 aromatic carbocycles. The summed E-state index contributed by atoms with van der Waals surface area (Å²) in [6.45, 7) is 3.44. The summed E-state index contributed by atoms with van der Waals surface area (Å²) >= 11 is 5.88. The van der Waals surface area contributed by atoms with Crippen molar-refractivity contribution in [1.29, 1.82) is 0 Å². The highest BCUT2D eigenvalue weighted by Gasteiger charge is 2.22. The highest BCUT2D eigenvalue weighted by molar-refractivity contribution is 6.30. The largest absolute Gasteiger partial charge is 0.393 e. The van der Waals surface area contributed by atoms with Gasteiger partial charge < -0.3 is 10.2 Å². The highest BCUT2D eigenvalue weighted by atomic mass is 35.5. The van der Waals surface area contributed by atoms with Gasteiger partial charge in [0.05, 0.1) is 11.7 Å². The molecule has 2 N–H and O–H groups in total. The number of nitrogens with zero attached hydrogens (tertiary/aromatic N) is 3. The van der Waals surface area contributed by atoms with Crippen molar-refractivity contribution in [3.05, 3.63) is 64.6 Å². The third-order valence-electron chi connectivity index (χ3n) is 4.26. The first-order valence-corrected chi connectivity index (χ1v) is 8.70. The fraction of sp³-hybridized carbons (Fsp3) is 0.368. The fourth-order valence-electron chi connectivity index (χ4n) is 2.88. The normalized spacial score (nSPS) is 13.3. The maximum atomic E-state index is 10.4. The van der Waals surface area contributed by atoms with E-state index in [0.29, 0.717) is 34.9 Å². The van der Waals surface area contributed by atoms with Crippen LogP contribution >= 0.6 is 11.6 Å². The molecule has 0 radical (unpaired) electrons. The zero-order valence-electron chi connectivity index (χ0n) is 14.4. The van der Waals surface area contributed by atoms with Gasteiger partial charge in [-0.25, -0.2) is 0 Å². The molecule has 0 unspecified atom stereocenters. The van der Waals surface area contributed by atoms with Crippen molar-refractivity contribution in [2.24, 2.45) is 0 Å². The molecule has 0 saturated carbocycles. The van der Waals surface area contributed by atoms with Crippen LogP contribution in [0.3, 0.4) is 0 Å². The van der Waals surface area contributed by atoms with Crippen molar-refractivity contribution in [2.75, 3.05) is 0 Å². The molecule has 0 aliphatic heterocycles. The van der Waals surface area contributed by atoms with E-state index in [1.165, 1.54) is 0 Å². The van der Waals surface area contributed by atoms with Gasteiger partial charge in [-0.3, -0.25) is 4.40 Å². The van der Waals surface area contributed by atoms with Crippen molar-refractivity contribution in [1.82, 2.24) is 14.6 Å². The number of aromatic nitrogens is 3. The molecular weight excluding hydrogens is 338 g/mol. The zero-order valence-corrected chi connectivity index (χ0v) is 15.1. The summed E-state index contributed by atoms with van der Waals surface area (Å²) in [5, 5.41) is 29.7. The first kappa shape index (κ1) is 17.9. The zero-order chi connectivity index (χ0) is 18.0. The summed E-state index contributed by atoms with van der Waals surface area (Å²) in [6.07, 6.45) is 3.13. The summed E-state index contributed by atoms with van der Waals surface area (Å²) in [5.41, 5.74) is 1.47. The molecular formula is C19H22ClN3O2. The summed E-state index contributed by atoms with van der Waals surface area (Å²) in [5.74, 6) is 0.685. The minimum Gasteiger partial charge on any atom is -0.393 e. The number of fused-ring (bicyclic) bond motifs is 1. The summed E-state index contributed by atoms with van der Waals surface area (Å²) in [7, 11) is 0. The van der Waals surface area contributed by atoms with E-state index in [2.05, 4.69) is 10.2 Å². The van der Waals surface area contributed by atoms with Crippen LogP contribution in [-0.2, 0) is 18.4 Å². The summed E-state index contributed by atoms with van der Waals surface area (Å²) < 4.78 is 1.83. The first-order valence-electron chi connectivity index (χ1n) is 8.32. The molecule has 2 aromatic heterocycles. The molecule has 25 heavy (non-hydrogen) atoms. The minimum absolute atomic E-state index is 0.407. The van der Waals surface area contributed by atoms with Gasteiger partial charge in [0.15, 0.2) is 5.65 Å². The molecule has 0 fully saturated rings. The molecule has 3 aromatic rings. The number of hydrogen-bond acceptors (Lipinski definition) is 4. The van der Waals surface area contributed by atoms with Crippen molar-refractivity contribution in [3.63, 3.8) is 0 Å². The number of aliphatic hydroxyl groups excluding tert-OH is 1. The number of hydrogen-bond donors (Lipinski definition) is 2. The van der Waals surface area contributed by atoms with E-state index in [1.54, 1.807) is 13.8 Å². The van der Waals surface area contributed by atoms with Crippen LogP contribution in [-0.4, -0.2) is 30.9 Å². The lowest BCUT2D eigenvalue weighted by Crippen LogP contribution is -2.17. The molecule has 3 rings (SSSR count). The topological polar surface area (TPSA) is 70.7 Å². The van der Waals surface area contributed by atoms with Crippen LogP contribution in [0.25, 0.3) is 5.65 Å². The number of halogens is 1. The molecule has 0 saturated heterocycles. The number of benzene rings is 1. The standard InChI is InChI=1S/C19H22ClN3O2/c1-19(2,25)16-4-3-11-23-17(21-22-18(16)23)12-15(24)10-7-13-5-8-14(20)9-6-13/h3-6,8-9,11,15,24-25H,7,10,12H2,1-2H3/t15-/m0/s1. The Bertz CT molecular complexity index is 853. The van der Waals surface area contributed by atoms with Crippen LogP contribution in [0.15, 0.2) is 42.6 Å². The quantitative estimate of drug-likeness (QED) is 0.709. The average Bonchev–Trinajstić information content (AvgIpc) is 2.96. The van der Waals surface area contributed by atoms with Gasteiger partial charge in [0.2, 0.25) is 0 Å². The van der Waals surface area contributed by atoms with Crippen molar-refractivity contribution < 1.29 is 10.2 Å². The smallest absolute Gasteiger partial charge is 0.166 e. The molecule has 1 atom stereocenters. The van der Waals surface area contributed by atoms with E-state index in [-0.39, 0.29) is 0 Å². The number of rotatable bonds is 6. The van der Waals surface area contributed by atoms with E-state index in [1.807, 2.05) is 47.0 Å². The molecule has 0 spiro atoms. The number of aryl methyl sites for hydroxylation is 1. The monoisotopic (exact) mass is 359 g/mol. The molecule has 0 aliphatic rings. The van der Waals surface area contributed by atoms with E-state index in [9.17, 15) is 10.2 Å². The summed E-state index contributed by atoms with van der Waals surface area (Å²) in [6, 6.07) is 11.3. The Morgan fingerprint density at radius 2 is 1.88 bits per heavy atom. The van der Waals surface area contributed by atoms with E-state index in [4.69, 9.17) is 11.6 Å². The second-order valence-corrected chi connectivity index (χ2v) is 7.25.